The summed E-state index contributed by atoms with van der Waals surface area (Å²) in [4.78, 5) is 24.8. The lowest BCUT2D eigenvalue weighted by molar-refractivity contribution is 0.0190. The third-order valence-electron chi connectivity index (χ3n) is 5.99. The van der Waals surface area contributed by atoms with E-state index in [0.29, 0.717) is 11.8 Å². The van der Waals surface area contributed by atoms with Gasteiger partial charge in [-0.15, -0.1) is 0 Å². The maximum absolute atomic E-state index is 12.2. The van der Waals surface area contributed by atoms with Crippen molar-refractivity contribution in [2.24, 2.45) is 22.4 Å². The van der Waals surface area contributed by atoms with E-state index < -0.39 is 0 Å². The zero-order valence-electron chi connectivity index (χ0n) is 11.3. The molecule has 0 aromatic rings. The molecule has 1 amide bonds. The number of carbonyl (C=O) groups is 1. The van der Waals surface area contributed by atoms with Crippen molar-refractivity contribution in [2.45, 2.75) is 50.7 Å². The molecule has 104 valence electrons. The van der Waals surface area contributed by atoms with E-state index >= 15 is 0 Å². The molecule has 1 spiro atoms. The van der Waals surface area contributed by atoms with Crippen molar-refractivity contribution < 1.29 is 9.53 Å². The van der Waals surface area contributed by atoms with Gasteiger partial charge in [0.25, 0.3) is 0 Å². The van der Waals surface area contributed by atoms with E-state index in [1.807, 2.05) is 11.8 Å². The standard InChI is InChI=1S/C14H20N2O3/c1-13(2-3-13)19-12(17)16-7-10-4-9-5-11(15-18)6-14(9,10)8-16/h9-11H,2-8H2,1H3. The highest BCUT2D eigenvalue weighted by Gasteiger charge is 2.65. The van der Waals surface area contributed by atoms with E-state index in [-0.39, 0.29) is 23.2 Å². The summed E-state index contributed by atoms with van der Waals surface area (Å²) in [7, 11) is 0. The van der Waals surface area contributed by atoms with Gasteiger partial charge in [0, 0.05) is 13.1 Å². The Morgan fingerprint density at radius 3 is 2.79 bits per heavy atom. The molecular weight excluding hydrogens is 244 g/mol. The van der Waals surface area contributed by atoms with Crippen LogP contribution >= 0.6 is 0 Å². The predicted octanol–water partition coefficient (Wildman–Crippen LogP) is 2.54. The summed E-state index contributed by atoms with van der Waals surface area (Å²) in [5, 5.41) is 3.24. The molecular formula is C14H20N2O3. The number of likely N-dealkylation sites (tertiary alicyclic amines) is 1. The molecule has 1 heterocycles. The summed E-state index contributed by atoms with van der Waals surface area (Å²) in [6.07, 6.45) is 4.80. The van der Waals surface area contributed by atoms with Crippen molar-refractivity contribution in [3.63, 3.8) is 0 Å². The number of nitrogens with zero attached hydrogens (tertiary/aromatic N) is 2. The number of nitroso groups, excluding NO2 is 1. The summed E-state index contributed by atoms with van der Waals surface area (Å²) >= 11 is 0. The number of hydrogen-bond donors (Lipinski definition) is 0. The Kier molecular flexibility index (Phi) is 2.15. The van der Waals surface area contributed by atoms with Crippen LogP contribution in [0.2, 0.25) is 0 Å². The molecule has 0 aromatic carbocycles. The van der Waals surface area contributed by atoms with Crippen LogP contribution in [0, 0.1) is 22.2 Å². The zero-order valence-corrected chi connectivity index (χ0v) is 11.3. The van der Waals surface area contributed by atoms with E-state index in [1.54, 1.807) is 0 Å². The molecule has 0 N–H and O–H groups in total. The summed E-state index contributed by atoms with van der Waals surface area (Å²) in [6, 6.07) is -0.0214. The third kappa shape index (κ3) is 1.56. The lowest BCUT2D eigenvalue weighted by Crippen LogP contribution is -2.45. The SMILES string of the molecule is CC1(OC(=O)N2CC3CC4CC(N=O)CC43C2)CC1. The summed E-state index contributed by atoms with van der Waals surface area (Å²) in [5.41, 5.74) is 0.000401. The first-order valence-electron chi connectivity index (χ1n) is 7.35. The van der Waals surface area contributed by atoms with Crippen molar-refractivity contribution in [3.8, 4) is 0 Å². The normalized spacial score (nSPS) is 45.1. The van der Waals surface area contributed by atoms with Crippen LogP contribution in [-0.4, -0.2) is 35.7 Å². The second-order valence-corrected chi connectivity index (χ2v) is 7.26. The van der Waals surface area contributed by atoms with E-state index in [9.17, 15) is 9.70 Å². The maximum Gasteiger partial charge on any atom is 0.410 e. The molecule has 1 saturated heterocycles. The van der Waals surface area contributed by atoms with Crippen LogP contribution < -0.4 is 0 Å². The number of ether oxygens (including phenoxy) is 1. The lowest BCUT2D eigenvalue weighted by Gasteiger charge is -2.47. The molecule has 3 saturated carbocycles. The molecule has 5 heteroatoms. The zero-order chi connectivity index (χ0) is 13.3. The molecule has 5 nitrogen and oxygen atoms in total. The first-order valence-corrected chi connectivity index (χ1v) is 7.35. The predicted molar refractivity (Wildman–Crippen MR) is 68.5 cm³/mol. The highest BCUT2D eigenvalue weighted by Crippen LogP contribution is 2.65. The summed E-state index contributed by atoms with van der Waals surface area (Å²) in [6.45, 7) is 3.60. The molecule has 4 atom stereocenters. The smallest absolute Gasteiger partial charge is 0.410 e. The molecule has 4 aliphatic rings. The Hall–Kier alpha value is -1.13. The average Bonchev–Trinajstić information content (AvgIpc) is 2.94. The maximum atomic E-state index is 12.2. The number of rotatable bonds is 2. The van der Waals surface area contributed by atoms with Crippen molar-refractivity contribution in [2.75, 3.05) is 13.1 Å². The van der Waals surface area contributed by atoms with Crippen LogP contribution in [0.4, 0.5) is 4.79 Å². The van der Waals surface area contributed by atoms with Gasteiger partial charge in [-0.1, -0.05) is 5.18 Å². The summed E-state index contributed by atoms with van der Waals surface area (Å²) < 4.78 is 5.56. The molecule has 4 rings (SSSR count). The highest BCUT2D eigenvalue weighted by molar-refractivity contribution is 5.69. The fourth-order valence-electron chi connectivity index (χ4n) is 4.54. The Labute approximate surface area is 112 Å². The van der Waals surface area contributed by atoms with E-state index in [2.05, 4.69) is 5.18 Å². The highest BCUT2D eigenvalue weighted by atomic mass is 16.6. The molecule has 0 radical (unpaired) electrons. The van der Waals surface area contributed by atoms with Gasteiger partial charge in [0.2, 0.25) is 0 Å². The number of carbonyl (C=O) groups excluding carboxylic acids is 1. The molecule has 3 aliphatic carbocycles. The molecule has 0 aromatic heterocycles. The van der Waals surface area contributed by atoms with Crippen LogP contribution in [-0.2, 0) is 4.74 Å². The Balaban J connectivity index is 1.45. The van der Waals surface area contributed by atoms with Crippen LogP contribution in [0.25, 0.3) is 0 Å². The van der Waals surface area contributed by atoms with Crippen LogP contribution in [0.1, 0.15) is 39.0 Å². The van der Waals surface area contributed by atoms with Gasteiger partial charge < -0.3 is 9.64 Å². The Morgan fingerprint density at radius 2 is 2.11 bits per heavy atom. The van der Waals surface area contributed by atoms with Gasteiger partial charge in [-0.2, -0.15) is 4.91 Å². The average molecular weight is 264 g/mol. The Bertz CT molecular complexity index is 448. The topological polar surface area (TPSA) is 59.0 Å². The van der Waals surface area contributed by atoms with Gasteiger partial charge in [-0.05, 0) is 56.3 Å². The van der Waals surface area contributed by atoms with Gasteiger partial charge in [-0.3, -0.25) is 0 Å². The van der Waals surface area contributed by atoms with E-state index in [4.69, 9.17) is 4.74 Å². The van der Waals surface area contributed by atoms with Gasteiger partial charge in [0.1, 0.15) is 5.60 Å². The van der Waals surface area contributed by atoms with E-state index in [0.717, 1.165) is 45.2 Å². The van der Waals surface area contributed by atoms with Crippen molar-refractivity contribution in [3.05, 3.63) is 4.91 Å². The second kappa shape index (κ2) is 3.49. The minimum absolute atomic E-state index is 0.0214. The first-order chi connectivity index (χ1) is 9.05. The number of amides is 1. The van der Waals surface area contributed by atoms with Crippen LogP contribution in [0.15, 0.2) is 5.18 Å². The summed E-state index contributed by atoms with van der Waals surface area (Å²) in [5.74, 6) is 1.18. The third-order valence-corrected chi connectivity index (χ3v) is 5.99. The largest absolute Gasteiger partial charge is 0.443 e. The van der Waals surface area contributed by atoms with Crippen molar-refractivity contribution in [1.82, 2.24) is 4.90 Å². The minimum Gasteiger partial charge on any atom is -0.443 e. The second-order valence-electron chi connectivity index (χ2n) is 7.26. The van der Waals surface area contributed by atoms with Gasteiger partial charge in [0.05, 0.1) is 6.04 Å². The van der Waals surface area contributed by atoms with Gasteiger partial charge in [-0.25, -0.2) is 4.79 Å². The van der Waals surface area contributed by atoms with Gasteiger partial charge in [0.15, 0.2) is 0 Å². The fourth-order valence-corrected chi connectivity index (χ4v) is 4.54. The molecule has 4 fully saturated rings. The fraction of sp³-hybridized carbons (Fsp3) is 0.929. The van der Waals surface area contributed by atoms with Gasteiger partial charge >= 0.3 is 6.09 Å². The quantitative estimate of drug-likeness (QED) is 0.720. The minimum atomic E-state index is -0.196. The molecule has 0 bridgehead atoms. The Morgan fingerprint density at radius 1 is 1.32 bits per heavy atom. The van der Waals surface area contributed by atoms with Crippen LogP contribution in [0.3, 0.4) is 0 Å². The van der Waals surface area contributed by atoms with Crippen molar-refractivity contribution in [1.29, 1.82) is 0 Å². The van der Waals surface area contributed by atoms with E-state index in [1.165, 1.54) is 0 Å². The lowest BCUT2D eigenvalue weighted by atomic mass is 9.56. The van der Waals surface area contributed by atoms with Crippen LogP contribution in [0.5, 0.6) is 0 Å². The van der Waals surface area contributed by atoms with Crippen molar-refractivity contribution >= 4 is 6.09 Å². The monoisotopic (exact) mass is 264 g/mol. The first kappa shape index (κ1) is 11.7. The number of hydrogen-bond acceptors (Lipinski definition) is 4. The molecule has 1 aliphatic heterocycles. The molecule has 19 heavy (non-hydrogen) atoms. The molecule has 4 unspecified atom stereocenters.